The summed E-state index contributed by atoms with van der Waals surface area (Å²) in [6, 6.07) is 13.2. The third kappa shape index (κ3) is 6.85. The molecule has 146 valence electrons. The Kier molecular flexibility index (Phi) is 7.99. The number of amides is 1. The molecule has 0 aromatic heterocycles. The fourth-order valence-electron chi connectivity index (χ4n) is 2.62. The van der Waals surface area contributed by atoms with E-state index in [1.807, 2.05) is 70.2 Å². The quantitative estimate of drug-likeness (QED) is 0.649. The fourth-order valence-corrected chi connectivity index (χ4v) is 2.62. The normalized spacial score (nSPS) is 10.6. The number of ether oxygens (including phenoxy) is 3. The first-order chi connectivity index (χ1) is 13.0. The van der Waals surface area contributed by atoms with Crippen LogP contribution in [0.3, 0.4) is 0 Å². The van der Waals surface area contributed by atoms with Gasteiger partial charge in [0.1, 0.15) is 5.75 Å². The van der Waals surface area contributed by atoms with Crippen molar-refractivity contribution in [3.05, 3.63) is 48.0 Å². The Bertz CT molecular complexity index is 726. The summed E-state index contributed by atoms with van der Waals surface area (Å²) in [6.07, 6.45) is 1.15. The molecule has 5 nitrogen and oxygen atoms in total. The Morgan fingerprint density at radius 1 is 0.963 bits per heavy atom. The molecule has 0 bridgehead atoms. The van der Waals surface area contributed by atoms with Crippen LogP contribution in [-0.4, -0.2) is 25.2 Å². The molecule has 2 rings (SSSR count). The molecule has 0 atom stereocenters. The number of carbonyl (C=O) groups is 1. The Morgan fingerprint density at radius 2 is 1.63 bits per heavy atom. The molecule has 0 aliphatic rings. The van der Waals surface area contributed by atoms with E-state index < -0.39 is 0 Å². The Morgan fingerprint density at radius 3 is 2.26 bits per heavy atom. The molecule has 0 heterocycles. The van der Waals surface area contributed by atoms with Crippen LogP contribution in [0.2, 0.25) is 0 Å². The maximum Gasteiger partial charge on any atom is 0.224 e. The van der Waals surface area contributed by atoms with Crippen molar-refractivity contribution in [2.75, 3.05) is 18.5 Å². The van der Waals surface area contributed by atoms with Crippen molar-refractivity contribution in [1.29, 1.82) is 0 Å². The largest absolute Gasteiger partial charge is 0.491 e. The van der Waals surface area contributed by atoms with Crippen LogP contribution in [0.25, 0.3) is 0 Å². The molecule has 1 N–H and O–H groups in total. The number of rotatable bonds is 10. The van der Waals surface area contributed by atoms with Gasteiger partial charge in [0.15, 0.2) is 11.5 Å². The van der Waals surface area contributed by atoms with Crippen molar-refractivity contribution < 1.29 is 19.0 Å². The van der Waals surface area contributed by atoms with Crippen molar-refractivity contribution in [3.8, 4) is 17.2 Å². The molecule has 27 heavy (non-hydrogen) atoms. The summed E-state index contributed by atoms with van der Waals surface area (Å²) in [5, 5.41) is 2.91. The van der Waals surface area contributed by atoms with Gasteiger partial charge < -0.3 is 19.5 Å². The van der Waals surface area contributed by atoms with Crippen LogP contribution in [0.4, 0.5) is 5.69 Å². The predicted molar refractivity (Wildman–Crippen MR) is 108 cm³/mol. The fraction of sp³-hybridized carbons (Fsp3) is 0.409. The minimum absolute atomic E-state index is 0.0284. The first kappa shape index (κ1) is 20.6. The topological polar surface area (TPSA) is 56.8 Å². The highest BCUT2D eigenvalue weighted by Gasteiger charge is 2.09. The van der Waals surface area contributed by atoms with Crippen LogP contribution >= 0.6 is 0 Å². The van der Waals surface area contributed by atoms with Gasteiger partial charge in [0.05, 0.1) is 19.3 Å². The summed E-state index contributed by atoms with van der Waals surface area (Å²) < 4.78 is 16.8. The van der Waals surface area contributed by atoms with E-state index in [9.17, 15) is 4.79 Å². The lowest BCUT2D eigenvalue weighted by atomic mass is 10.1. The summed E-state index contributed by atoms with van der Waals surface area (Å²) in [5.41, 5.74) is 1.80. The molecule has 0 saturated heterocycles. The molecule has 5 heteroatoms. The number of anilines is 1. The van der Waals surface area contributed by atoms with Gasteiger partial charge in [0, 0.05) is 12.1 Å². The standard InChI is InChI=1S/C22H29NO4/c1-5-25-20-13-7-17(15-21(20)26-6-2)8-14-22(24)23-18-9-11-19(12-10-18)27-16(3)4/h7,9-13,15-16H,5-6,8,14H2,1-4H3,(H,23,24). The van der Waals surface area contributed by atoms with Gasteiger partial charge in [0.2, 0.25) is 5.91 Å². The van der Waals surface area contributed by atoms with E-state index in [0.29, 0.717) is 26.1 Å². The van der Waals surface area contributed by atoms with Crippen LogP contribution < -0.4 is 19.5 Å². The van der Waals surface area contributed by atoms with E-state index >= 15 is 0 Å². The zero-order chi connectivity index (χ0) is 19.6. The summed E-state index contributed by atoms with van der Waals surface area (Å²) in [4.78, 5) is 12.2. The van der Waals surface area contributed by atoms with Gasteiger partial charge in [-0.3, -0.25) is 4.79 Å². The summed E-state index contributed by atoms with van der Waals surface area (Å²) >= 11 is 0. The molecule has 0 fully saturated rings. The molecule has 0 radical (unpaired) electrons. The molecule has 1 amide bonds. The van der Waals surface area contributed by atoms with Crippen LogP contribution in [0.5, 0.6) is 17.2 Å². The number of nitrogens with one attached hydrogen (secondary N) is 1. The second-order valence-corrected chi connectivity index (χ2v) is 6.39. The highest BCUT2D eigenvalue weighted by molar-refractivity contribution is 5.90. The predicted octanol–water partition coefficient (Wildman–Crippen LogP) is 4.84. The van der Waals surface area contributed by atoms with Crippen molar-refractivity contribution in [1.82, 2.24) is 0 Å². The van der Waals surface area contributed by atoms with E-state index in [1.165, 1.54) is 0 Å². The number of aryl methyl sites for hydroxylation is 1. The second kappa shape index (κ2) is 10.5. The Balaban J connectivity index is 1.90. The molecular weight excluding hydrogens is 342 g/mol. The zero-order valence-electron chi connectivity index (χ0n) is 16.6. The number of hydrogen-bond donors (Lipinski definition) is 1. The lowest BCUT2D eigenvalue weighted by Crippen LogP contribution is -2.12. The van der Waals surface area contributed by atoms with Gasteiger partial charge in [-0.2, -0.15) is 0 Å². The molecule has 0 aliphatic carbocycles. The smallest absolute Gasteiger partial charge is 0.224 e. The average Bonchev–Trinajstić information content (AvgIpc) is 2.63. The third-order valence-electron chi connectivity index (χ3n) is 3.76. The third-order valence-corrected chi connectivity index (χ3v) is 3.76. The molecule has 0 saturated carbocycles. The SMILES string of the molecule is CCOc1ccc(CCC(=O)Nc2ccc(OC(C)C)cc2)cc1OCC. The minimum atomic E-state index is -0.0284. The van der Waals surface area contributed by atoms with Gasteiger partial charge in [-0.1, -0.05) is 6.07 Å². The maximum atomic E-state index is 12.2. The van der Waals surface area contributed by atoms with Crippen molar-refractivity contribution in [2.24, 2.45) is 0 Å². The Labute approximate surface area is 161 Å². The summed E-state index contributed by atoms with van der Waals surface area (Å²) in [7, 11) is 0. The average molecular weight is 371 g/mol. The molecule has 2 aromatic rings. The van der Waals surface area contributed by atoms with Crippen LogP contribution in [0.15, 0.2) is 42.5 Å². The van der Waals surface area contributed by atoms with Gasteiger partial charge in [-0.05, 0) is 76.1 Å². The highest BCUT2D eigenvalue weighted by Crippen LogP contribution is 2.29. The van der Waals surface area contributed by atoms with Crippen LogP contribution in [-0.2, 0) is 11.2 Å². The van der Waals surface area contributed by atoms with Gasteiger partial charge in [0.25, 0.3) is 0 Å². The number of hydrogen-bond acceptors (Lipinski definition) is 4. The molecule has 0 spiro atoms. The monoisotopic (exact) mass is 371 g/mol. The Hall–Kier alpha value is -2.69. The van der Waals surface area contributed by atoms with Crippen LogP contribution in [0.1, 0.15) is 39.7 Å². The molecule has 0 aliphatic heterocycles. The second-order valence-electron chi connectivity index (χ2n) is 6.39. The van der Waals surface area contributed by atoms with Gasteiger partial charge >= 0.3 is 0 Å². The zero-order valence-corrected chi connectivity index (χ0v) is 16.6. The van der Waals surface area contributed by atoms with E-state index in [-0.39, 0.29) is 12.0 Å². The van der Waals surface area contributed by atoms with E-state index in [0.717, 1.165) is 28.5 Å². The maximum absolute atomic E-state index is 12.2. The number of benzene rings is 2. The highest BCUT2D eigenvalue weighted by atomic mass is 16.5. The first-order valence-corrected chi connectivity index (χ1v) is 9.46. The molecular formula is C22H29NO4. The molecule has 0 unspecified atom stereocenters. The summed E-state index contributed by atoms with van der Waals surface area (Å²) in [6.45, 7) is 8.99. The van der Waals surface area contributed by atoms with E-state index in [2.05, 4.69) is 5.32 Å². The summed E-state index contributed by atoms with van der Waals surface area (Å²) in [5.74, 6) is 2.22. The lowest BCUT2D eigenvalue weighted by molar-refractivity contribution is -0.116. The van der Waals surface area contributed by atoms with Crippen molar-refractivity contribution in [3.63, 3.8) is 0 Å². The minimum Gasteiger partial charge on any atom is -0.491 e. The first-order valence-electron chi connectivity index (χ1n) is 9.46. The van der Waals surface area contributed by atoms with E-state index in [1.54, 1.807) is 0 Å². The van der Waals surface area contributed by atoms with Crippen molar-refractivity contribution >= 4 is 11.6 Å². The molecule has 2 aromatic carbocycles. The van der Waals surface area contributed by atoms with Gasteiger partial charge in [-0.25, -0.2) is 0 Å². The van der Waals surface area contributed by atoms with Crippen molar-refractivity contribution in [2.45, 2.75) is 46.6 Å². The van der Waals surface area contributed by atoms with E-state index in [4.69, 9.17) is 14.2 Å². The van der Waals surface area contributed by atoms with Crippen LogP contribution in [0, 0.1) is 0 Å². The lowest BCUT2D eigenvalue weighted by Gasteiger charge is -2.13. The van der Waals surface area contributed by atoms with Gasteiger partial charge in [-0.15, -0.1) is 0 Å². The number of carbonyl (C=O) groups excluding carboxylic acids is 1.